The first-order chi connectivity index (χ1) is 16.7. The largest absolute Gasteiger partial charge is 0.334 e. The highest BCUT2D eigenvalue weighted by atomic mass is 32.1. The van der Waals surface area contributed by atoms with Crippen LogP contribution < -0.4 is 5.32 Å². The molecule has 0 bridgehead atoms. The first-order valence-corrected chi connectivity index (χ1v) is 13.0. The Morgan fingerprint density at radius 3 is 2.59 bits per heavy atom. The van der Waals surface area contributed by atoms with E-state index in [1.54, 1.807) is 0 Å². The first-order valence-electron chi connectivity index (χ1n) is 12.1. The Labute approximate surface area is 204 Å². The number of urea groups is 1. The van der Waals surface area contributed by atoms with Gasteiger partial charge in [0.15, 0.2) is 0 Å². The highest BCUT2D eigenvalue weighted by molar-refractivity contribution is 7.15. The molecule has 6 rings (SSSR count). The number of hydrogen-bond acceptors (Lipinski definition) is 2. The topological polar surface area (TPSA) is 37.3 Å². The van der Waals surface area contributed by atoms with Crippen molar-refractivity contribution >= 4 is 17.4 Å². The van der Waals surface area contributed by atoms with Crippen LogP contribution in [0.1, 0.15) is 57.3 Å². The van der Waals surface area contributed by atoms with Crippen molar-refractivity contribution in [3.63, 3.8) is 0 Å². The predicted molar refractivity (Wildman–Crippen MR) is 138 cm³/mol. The summed E-state index contributed by atoms with van der Waals surface area (Å²) in [5, 5.41) is 4.51. The fourth-order valence-electron chi connectivity index (χ4n) is 5.36. The molecule has 1 aliphatic heterocycles. The number of carbonyl (C=O) groups excluding carboxylic acids is 1. The lowest BCUT2D eigenvalue weighted by atomic mass is 9.95. The van der Waals surface area contributed by atoms with Crippen molar-refractivity contribution in [3.8, 4) is 5.00 Å². The molecule has 1 atom stereocenters. The number of thiophene rings is 1. The summed E-state index contributed by atoms with van der Waals surface area (Å²) in [7, 11) is 0. The van der Waals surface area contributed by atoms with E-state index in [0.717, 1.165) is 29.7 Å². The molecule has 4 nitrogen and oxygen atoms in total. The molecule has 0 spiro atoms. The molecule has 34 heavy (non-hydrogen) atoms. The Bertz CT molecular complexity index is 1320. The minimum Gasteiger partial charge on any atom is -0.334 e. The fourth-order valence-corrected chi connectivity index (χ4v) is 6.77. The van der Waals surface area contributed by atoms with Crippen LogP contribution in [-0.2, 0) is 25.9 Å². The van der Waals surface area contributed by atoms with Crippen molar-refractivity contribution in [1.29, 1.82) is 0 Å². The summed E-state index contributed by atoms with van der Waals surface area (Å²) in [6, 6.07) is 22.9. The van der Waals surface area contributed by atoms with Crippen LogP contribution >= 0.6 is 11.3 Å². The number of aryl methyl sites for hydroxylation is 2. The van der Waals surface area contributed by atoms with Crippen molar-refractivity contribution in [1.82, 2.24) is 14.8 Å². The smallest absolute Gasteiger partial charge is 0.318 e. The molecule has 3 heterocycles. The molecule has 2 aromatic heterocycles. The lowest BCUT2D eigenvalue weighted by Crippen LogP contribution is -2.41. The third kappa shape index (κ3) is 3.74. The van der Waals surface area contributed by atoms with E-state index in [2.05, 4.69) is 71.5 Å². The van der Waals surface area contributed by atoms with Crippen molar-refractivity contribution < 1.29 is 4.79 Å². The molecular weight excluding hydrogens is 438 g/mol. The molecule has 2 aliphatic rings. The Balaban J connectivity index is 1.44. The van der Waals surface area contributed by atoms with Gasteiger partial charge in [-0.2, -0.15) is 0 Å². The van der Waals surface area contributed by atoms with Crippen molar-refractivity contribution in [2.75, 3.05) is 0 Å². The molecule has 0 unspecified atom stereocenters. The second kappa shape index (κ2) is 8.80. The van der Waals surface area contributed by atoms with Gasteiger partial charge in [-0.15, -0.1) is 11.3 Å². The van der Waals surface area contributed by atoms with E-state index in [4.69, 9.17) is 0 Å². The first kappa shape index (κ1) is 21.2. The molecule has 0 saturated heterocycles. The van der Waals surface area contributed by atoms with E-state index in [-0.39, 0.29) is 12.1 Å². The van der Waals surface area contributed by atoms with Crippen molar-refractivity contribution in [2.24, 2.45) is 0 Å². The Kier molecular flexibility index (Phi) is 5.50. The number of carbonyl (C=O) groups is 1. The number of fused-ring (bicyclic) bond motifs is 5. The van der Waals surface area contributed by atoms with Gasteiger partial charge in [-0.25, -0.2) is 4.79 Å². The Hall–Kier alpha value is -3.31. The molecule has 1 aliphatic carbocycles. The van der Waals surface area contributed by atoms with Gasteiger partial charge in [0.25, 0.3) is 0 Å². The lowest BCUT2D eigenvalue weighted by molar-refractivity contribution is 0.180. The van der Waals surface area contributed by atoms with Gasteiger partial charge in [0, 0.05) is 23.2 Å². The third-order valence-electron chi connectivity index (χ3n) is 7.12. The molecule has 2 amide bonds. The minimum absolute atomic E-state index is 0.0224. The number of nitrogens with one attached hydrogen (secondary N) is 1. The molecule has 1 N–H and O–H groups in total. The fraction of sp³-hybridized carbons (Fsp3) is 0.276. The zero-order valence-corrected chi connectivity index (χ0v) is 20.3. The van der Waals surface area contributed by atoms with E-state index < -0.39 is 0 Å². The highest BCUT2D eigenvalue weighted by Gasteiger charge is 2.35. The monoisotopic (exact) mass is 467 g/mol. The number of amides is 2. The molecular formula is C29H29N3OS. The second-order valence-electron chi connectivity index (χ2n) is 9.38. The number of hydrogen-bond donors (Lipinski definition) is 1. The molecule has 2 aromatic carbocycles. The number of benzene rings is 2. The maximum absolute atomic E-state index is 13.8. The molecule has 0 radical (unpaired) electrons. The molecule has 4 aromatic rings. The van der Waals surface area contributed by atoms with Crippen LogP contribution in [0.2, 0.25) is 0 Å². The summed E-state index contributed by atoms with van der Waals surface area (Å²) in [6.45, 7) is 3.25. The van der Waals surface area contributed by atoms with Crippen LogP contribution in [-0.4, -0.2) is 15.5 Å². The van der Waals surface area contributed by atoms with Gasteiger partial charge in [-0.1, -0.05) is 60.2 Å². The standard InChI is InChI=1S/C29H29N3OS/c1-20-13-15-22(16-14-20)27-25-11-7-17-31(25)28-24(23-10-5-6-12-26(23)34-28)19-32(27)29(33)30-18-21-8-3-2-4-9-21/h2-4,7-9,11,13-17,27H,5-6,10,12,18-19H2,1H3,(H,30,33)/t27-/m1/s1. The van der Waals surface area contributed by atoms with Crippen molar-refractivity contribution in [2.45, 2.75) is 51.7 Å². The second-order valence-corrected chi connectivity index (χ2v) is 10.5. The summed E-state index contributed by atoms with van der Waals surface area (Å²) in [5.41, 5.74) is 7.44. The molecule has 172 valence electrons. The van der Waals surface area contributed by atoms with Crippen LogP contribution in [0, 0.1) is 6.92 Å². The summed E-state index contributed by atoms with van der Waals surface area (Å²) in [5.74, 6) is 0. The van der Waals surface area contributed by atoms with Gasteiger partial charge in [-0.3, -0.25) is 0 Å². The van der Waals surface area contributed by atoms with E-state index in [1.165, 1.54) is 39.4 Å². The number of nitrogens with zero attached hydrogens (tertiary/aromatic N) is 2. The third-order valence-corrected chi connectivity index (χ3v) is 8.45. The van der Waals surface area contributed by atoms with E-state index in [1.807, 2.05) is 34.4 Å². The maximum atomic E-state index is 13.8. The van der Waals surface area contributed by atoms with Gasteiger partial charge in [0.1, 0.15) is 5.00 Å². The summed E-state index contributed by atoms with van der Waals surface area (Å²) in [4.78, 5) is 17.4. The van der Waals surface area contributed by atoms with Crippen LogP contribution in [0.3, 0.4) is 0 Å². The van der Waals surface area contributed by atoms with Gasteiger partial charge in [0.2, 0.25) is 0 Å². The molecule has 5 heteroatoms. The molecule has 0 saturated carbocycles. The zero-order valence-electron chi connectivity index (χ0n) is 19.5. The minimum atomic E-state index is -0.148. The van der Waals surface area contributed by atoms with Crippen LogP contribution in [0.4, 0.5) is 4.79 Å². The average Bonchev–Trinajstić information content (AvgIpc) is 3.46. The number of aromatic nitrogens is 1. The van der Waals surface area contributed by atoms with Crippen LogP contribution in [0.5, 0.6) is 0 Å². The van der Waals surface area contributed by atoms with Gasteiger partial charge in [-0.05, 0) is 61.4 Å². The highest BCUT2D eigenvalue weighted by Crippen LogP contribution is 2.44. The van der Waals surface area contributed by atoms with Gasteiger partial charge in [0.05, 0.1) is 18.3 Å². The number of rotatable bonds is 3. The molecule has 0 fully saturated rings. The Morgan fingerprint density at radius 1 is 0.971 bits per heavy atom. The van der Waals surface area contributed by atoms with Gasteiger partial charge < -0.3 is 14.8 Å². The van der Waals surface area contributed by atoms with E-state index in [0.29, 0.717) is 13.1 Å². The maximum Gasteiger partial charge on any atom is 0.318 e. The summed E-state index contributed by atoms with van der Waals surface area (Å²) in [6.07, 6.45) is 6.94. The van der Waals surface area contributed by atoms with Gasteiger partial charge >= 0.3 is 6.03 Å². The lowest BCUT2D eigenvalue weighted by Gasteiger charge is -2.31. The van der Waals surface area contributed by atoms with Crippen LogP contribution in [0.25, 0.3) is 5.00 Å². The summed E-state index contributed by atoms with van der Waals surface area (Å²) < 4.78 is 2.34. The average molecular weight is 468 g/mol. The summed E-state index contributed by atoms with van der Waals surface area (Å²) >= 11 is 1.93. The van der Waals surface area contributed by atoms with Crippen molar-refractivity contribution in [3.05, 3.63) is 111 Å². The van der Waals surface area contributed by atoms with E-state index in [9.17, 15) is 4.79 Å². The normalized spacial score (nSPS) is 16.9. The van der Waals surface area contributed by atoms with Crippen LogP contribution in [0.15, 0.2) is 72.9 Å². The zero-order chi connectivity index (χ0) is 23.1. The predicted octanol–water partition coefficient (Wildman–Crippen LogP) is 6.54. The SMILES string of the molecule is Cc1ccc([C@@H]2c3cccn3-c3sc4c(c3CN2C(=O)NCc2ccccc2)CCCC4)cc1. The Morgan fingerprint density at radius 2 is 1.76 bits per heavy atom. The quantitative estimate of drug-likeness (QED) is 0.365. The van der Waals surface area contributed by atoms with E-state index >= 15 is 0 Å².